The Kier molecular flexibility index (Phi) is 4.39. The molecular formula is C24H22N6. The van der Waals surface area contributed by atoms with Gasteiger partial charge < -0.3 is 4.98 Å². The number of hydrogen-bond acceptors (Lipinski definition) is 4. The van der Waals surface area contributed by atoms with Gasteiger partial charge in [-0.2, -0.15) is 0 Å². The molecule has 0 amide bonds. The maximum Gasteiger partial charge on any atom is 0.140 e. The predicted molar refractivity (Wildman–Crippen MR) is 119 cm³/mol. The van der Waals surface area contributed by atoms with E-state index in [9.17, 15) is 0 Å². The summed E-state index contributed by atoms with van der Waals surface area (Å²) in [6.07, 6.45) is 3.59. The number of rotatable bonds is 4. The Hall–Kier alpha value is -3.80. The first-order valence-electron chi connectivity index (χ1n) is 10.0. The number of hydrogen-bond donors (Lipinski definition) is 1. The van der Waals surface area contributed by atoms with Crippen molar-refractivity contribution in [2.75, 3.05) is 0 Å². The lowest BCUT2D eigenvalue weighted by Gasteiger charge is -2.07. The molecular weight excluding hydrogens is 372 g/mol. The van der Waals surface area contributed by atoms with Crippen molar-refractivity contribution in [3.63, 3.8) is 0 Å². The van der Waals surface area contributed by atoms with Gasteiger partial charge in [-0.15, -0.1) is 5.10 Å². The Morgan fingerprint density at radius 3 is 2.57 bits per heavy atom. The van der Waals surface area contributed by atoms with E-state index < -0.39 is 0 Å². The zero-order chi connectivity index (χ0) is 20.7. The monoisotopic (exact) mass is 394 g/mol. The summed E-state index contributed by atoms with van der Waals surface area (Å²) in [5, 5.41) is 8.61. The molecule has 1 N–H and O–H groups in total. The maximum absolute atomic E-state index is 4.96. The van der Waals surface area contributed by atoms with Crippen LogP contribution in [0.2, 0.25) is 0 Å². The van der Waals surface area contributed by atoms with E-state index in [0.717, 1.165) is 44.9 Å². The Morgan fingerprint density at radius 2 is 1.80 bits per heavy atom. The predicted octanol–water partition coefficient (Wildman–Crippen LogP) is 5.44. The summed E-state index contributed by atoms with van der Waals surface area (Å²) in [6.45, 7) is 6.31. The molecule has 2 aromatic carbocycles. The fraction of sp³-hybridized carbons (Fsp3) is 0.167. The SMILES string of the molecule is Cc1cccc(-c2nc(-c3cccnc3)[nH]c2-c2ccc3nnn(C(C)C)c3c2)c1. The molecule has 0 saturated carbocycles. The van der Waals surface area contributed by atoms with E-state index in [4.69, 9.17) is 4.98 Å². The van der Waals surface area contributed by atoms with Gasteiger partial charge in [0, 0.05) is 35.1 Å². The molecule has 30 heavy (non-hydrogen) atoms. The van der Waals surface area contributed by atoms with Crippen molar-refractivity contribution in [1.29, 1.82) is 0 Å². The third kappa shape index (κ3) is 3.16. The largest absolute Gasteiger partial charge is 0.337 e. The quantitative estimate of drug-likeness (QED) is 0.440. The van der Waals surface area contributed by atoms with Crippen LogP contribution in [0.4, 0.5) is 0 Å². The summed E-state index contributed by atoms with van der Waals surface area (Å²) in [7, 11) is 0. The van der Waals surface area contributed by atoms with E-state index in [2.05, 4.69) is 77.4 Å². The van der Waals surface area contributed by atoms with Crippen molar-refractivity contribution in [3.05, 3.63) is 72.6 Å². The minimum absolute atomic E-state index is 0.231. The van der Waals surface area contributed by atoms with Crippen LogP contribution in [0.3, 0.4) is 0 Å². The number of H-pyrrole nitrogens is 1. The smallest absolute Gasteiger partial charge is 0.140 e. The molecule has 0 aliphatic rings. The van der Waals surface area contributed by atoms with Crippen LogP contribution in [-0.2, 0) is 0 Å². The van der Waals surface area contributed by atoms with Crippen molar-refractivity contribution in [2.45, 2.75) is 26.8 Å². The minimum atomic E-state index is 0.231. The Labute approximate surface area is 174 Å². The highest BCUT2D eigenvalue weighted by molar-refractivity contribution is 5.87. The number of nitrogens with zero attached hydrogens (tertiary/aromatic N) is 5. The first-order chi connectivity index (χ1) is 14.6. The van der Waals surface area contributed by atoms with E-state index in [0.29, 0.717) is 0 Å². The standard InChI is InChI=1S/C24H22N6/c1-15(2)30-21-13-18(9-10-20(21)28-29-30)23-22(17-7-4-6-16(3)12-17)26-24(27-23)19-8-5-11-25-14-19/h4-15H,1-3H3,(H,26,27). The first-order valence-corrected chi connectivity index (χ1v) is 10.0. The molecule has 5 aromatic rings. The van der Waals surface area contributed by atoms with Gasteiger partial charge in [-0.1, -0.05) is 35.0 Å². The van der Waals surface area contributed by atoms with Gasteiger partial charge in [0.15, 0.2) is 0 Å². The molecule has 0 radical (unpaired) electrons. The minimum Gasteiger partial charge on any atom is -0.337 e. The molecule has 0 fully saturated rings. The molecule has 0 aliphatic carbocycles. The highest BCUT2D eigenvalue weighted by atomic mass is 15.4. The number of imidazole rings is 1. The van der Waals surface area contributed by atoms with E-state index >= 15 is 0 Å². The van der Waals surface area contributed by atoms with Crippen LogP contribution < -0.4 is 0 Å². The topological polar surface area (TPSA) is 72.3 Å². The fourth-order valence-corrected chi connectivity index (χ4v) is 3.70. The van der Waals surface area contributed by atoms with E-state index in [-0.39, 0.29) is 6.04 Å². The molecule has 3 aromatic heterocycles. The lowest BCUT2D eigenvalue weighted by atomic mass is 10.0. The number of fused-ring (bicyclic) bond motifs is 1. The second-order valence-electron chi connectivity index (χ2n) is 7.75. The molecule has 0 unspecified atom stereocenters. The van der Waals surface area contributed by atoms with Gasteiger partial charge in [-0.05, 0) is 51.1 Å². The van der Waals surface area contributed by atoms with Crippen LogP contribution in [0.1, 0.15) is 25.5 Å². The van der Waals surface area contributed by atoms with Gasteiger partial charge in [0.1, 0.15) is 11.3 Å². The molecule has 0 spiro atoms. The highest BCUT2D eigenvalue weighted by Gasteiger charge is 2.17. The number of nitrogens with one attached hydrogen (secondary N) is 1. The number of pyridine rings is 1. The summed E-state index contributed by atoms with van der Waals surface area (Å²) in [5.74, 6) is 0.796. The van der Waals surface area contributed by atoms with Gasteiger partial charge in [0.25, 0.3) is 0 Å². The normalized spacial score (nSPS) is 11.5. The highest BCUT2D eigenvalue weighted by Crippen LogP contribution is 2.34. The van der Waals surface area contributed by atoms with Crippen LogP contribution in [0.25, 0.3) is 44.9 Å². The molecule has 0 saturated heterocycles. The average Bonchev–Trinajstić information content (AvgIpc) is 3.39. The third-order valence-corrected chi connectivity index (χ3v) is 5.18. The van der Waals surface area contributed by atoms with Crippen LogP contribution >= 0.6 is 0 Å². The maximum atomic E-state index is 4.96. The zero-order valence-electron chi connectivity index (χ0n) is 17.2. The lowest BCUT2D eigenvalue weighted by molar-refractivity contribution is 0.530. The van der Waals surface area contributed by atoms with Crippen LogP contribution in [-0.4, -0.2) is 29.9 Å². The molecule has 3 heterocycles. The van der Waals surface area contributed by atoms with Crippen LogP contribution in [0.5, 0.6) is 0 Å². The van der Waals surface area contributed by atoms with Crippen molar-refractivity contribution < 1.29 is 0 Å². The van der Waals surface area contributed by atoms with Crippen LogP contribution in [0, 0.1) is 6.92 Å². The Morgan fingerprint density at radius 1 is 0.933 bits per heavy atom. The second-order valence-corrected chi connectivity index (χ2v) is 7.75. The molecule has 148 valence electrons. The number of aromatic amines is 1. The average molecular weight is 394 g/mol. The van der Waals surface area contributed by atoms with E-state index in [1.165, 1.54) is 5.56 Å². The molecule has 6 heteroatoms. The summed E-state index contributed by atoms with van der Waals surface area (Å²) in [4.78, 5) is 12.7. The molecule has 6 nitrogen and oxygen atoms in total. The third-order valence-electron chi connectivity index (χ3n) is 5.18. The Balaban J connectivity index is 1.73. The van der Waals surface area contributed by atoms with Gasteiger partial charge in [0.2, 0.25) is 0 Å². The summed E-state index contributed by atoms with van der Waals surface area (Å²) < 4.78 is 1.95. The van der Waals surface area contributed by atoms with Gasteiger partial charge >= 0.3 is 0 Å². The summed E-state index contributed by atoms with van der Waals surface area (Å²) in [6, 6.07) is 18.8. The van der Waals surface area contributed by atoms with Crippen LogP contribution in [0.15, 0.2) is 67.0 Å². The van der Waals surface area contributed by atoms with E-state index in [1.807, 2.05) is 29.1 Å². The Bertz CT molecular complexity index is 1330. The molecule has 5 rings (SSSR count). The molecule has 0 atom stereocenters. The number of benzene rings is 2. The van der Waals surface area contributed by atoms with E-state index in [1.54, 1.807) is 6.20 Å². The summed E-state index contributed by atoms with van der Waals surface area (Å²) in [5.41, 5.74) is 8.05. The fourth-order valence-electron chi connectivity index (χ4n) is 3.70. The number of aryl methyl sites for hydroxylation is 1. The van der Waals surface area contributed by atoms with Crippen molar-refractivity contribution in [2.24, 2.45) is 0 Å². The molecule has 0 aliphatic heterocycles. The van der Waals surface area contributed by atoms with Crippen molar-refractivity contribution in [3.8, 4) is 33.9 Å². The van der Waals surface area contributed by atoms with Gasteiger partial charge in [-0.25, -0.2) is 9.67 Å². The second kappa shape index (κ2) is 7.22. The van der Waals surface area contributed by atoms with Gasteiger partial charge in [-0.3, -0.25) is 4.98 Å². The van der Waals surface area contributed by atoms with Gasteiger partial charge in [0.05, 0.1) is 16.9 Å². The molecule has 0 bridgehead atoms. The summed E-state index contributed by atoms with van der Waals surface area (Å²) >= 11 is 0. The first kappa shape index (κ1) is 18.2. The van der Waals surface area contributed by atoms with Crippen molar-refractivity contribution in [1.82, 2.24) is 29.9 Å². The number of aromatic nitrogens is 6. The van der Waals surface area contributed by atoms with Crippen molar-refractivity contribution >= 4 is 11.0 Å². The lowest BCUT2D eigenvalue weighted by Crippen LogP contribution is -2.02. The zero-order valence-corrected chi connectivity index (χ0v) is 17.2.